The molecule has 0 spiro atoms. The maximum Gasteiger partial charge on any atom is 0.212 e. The van der Waals surface area contributed by atoms with Crippen LogP contribution in [0.15, 0.2) is 0 Å². The average molecular weight is 274 g/mol. The molecule has 98 valence electrons. The van der Waals surface area contributed by atoms with Crippen LogP contribution in [0.5, 0.6) is 0 Å². The maximum atomic E-state index is 11.3. The Morgan fingerprint density at radius 2 is 1.75 bits per heavy atom. The highest BCUT2D eigenvalue weighted by Crippen LogP contribution is 1.92. The number of nitrogens with one attached hydrogen (secondary N) is 1. The summed E-state index contributed by atoms with van der Waals surface area (Å²) in [7, 11) is -6.98. The van der Waals surface area contributed by atoms with Crippen molar-refractivity contribution >= 4 is 19.9 Å². The first-order valence-corrected chi connectivity index (χ1v) is 8.33. The average Bonchev–Trinajstić information content (AvgIpc) is 2.10. The molecule has 0 radical (unpaired) electrons. The lowest BCUT2D eigenvalue weighted by atomic mass is 10.2. The predicted molar refractivity (Wildman–Crippen MR) is 61.2 cm³/mol. The number of hydrogen-bond acceptors (Lipinski definition) is 6. The van der Waals surface area contributed by atoms with Crippen molar-refractivity contribution in [3.05, 3.63) is 0 Å². The van der Waals surface area contributed by atoms with E-state index in [9.17, 15) is 16.8 Å². The van der Waals surface area contributed by atoms with Crippen LogP contribution in [-0.4, -0.2) is 58.4 Å². The molecular formula is C7H18N2O5S2. The smallest absolute Gasteiger partial charge is 0.212 e. The zero-order chi connectivity index (χ0) is 13.0. The predicted octanol–water partition coefficient (Wildman–Crippen LogP) is -2.34. The van der Waals surface area contributed by atoms with Crippen LogP contribution in [0.25, 0.3) is 0 Å². The van der Waals surface area contributed by atoms with Crippen molar-refractivity contribution < 1.29 is 21.9 Å². The van der Waals surface area contributed by atoms with Crippen LogP contribution in [0.2, 0.25) is 0 Å². The van der Waals surface area contributed by atoms with Gasteiger partial charge in [0.25, 0.3) is 0 Å². The Hall–Kier alpha value is -0.220. The van der Waals surface area contributed by atoms with Gasteiger partial charge in [-0.25, -0.2) is 21.6 Å². The second kappa shape index (κ2) is 5.92. The Bertz CT molecular complexity index is 400. The molecule has 0 aromatic carbocycles. The summed E-state index contributed by atoms with van der Waals surface area (Å²) < 4.78 is 46.3. The molecule has 0 aliphatic carbocycles. The van der Waals surface area contributed by atoms with Crippen LogP contribution in [0, 0.1) is 0 Å². The Balaban J connectivity index is 4.17. The van der Waals surface area contributed by atoms with Gasteiger partial charge in [0.15, 0.2) is 0 Å². The van der Waals surface area contributed by atoms with Crippen LogP contribution in [-0.2, 0) is 19.9 Å². The summed E-state index contributed by atoms with van der Waals surface area (Å²) in [5.74, 6) is -0.940. The van der Waals surface area contributed by atoms with E-state index in [0.29, 0.717) is 0 Å². The third kappa shape index (κ3) is 7.99. The molecule has 0 saturated carbocycles. The van der Waals surface area contributed by atoms with E-state index in [2.05, 4.69) is 4.72 Å². The van der Waals surface area contributed by atoms with E-state index in [1.54, 1.807) is 0 Å². The number of aliphatic hydroxyl groups excluding tert-OH is 1. The first kappa shape index (κ1) is 15.8. The molecular weight excluding hydrogens is 256 g/mol. The van der Waals surface area contributed by atoms with Gasteiger partial charge in [0.2, 0.25) is 10.0 Å². The number of sulfone groups is 1. The standard InChI is InChI=1S/C7H18N2O5S2/c1-6(10)7(8)5-9-16(13,14)4-3-15(2,11)12/h6-7,9-10H,3-5,8H2,1-2H3. The summed E-state index contributed by atoms with van der Waals surface area (Å²) in [6.07, 6.45) is 0.127. The molecule has 0 aromatic heterocycles. The first-order chi connectivity index (χ1) is 7.03. The number of hydrogen-bond donors (Lipinski definition) is 3. The van der Waals surface area contributed by atoms with E-state index in [4.69, 9.17) is 10.8 Å². The second-order valence-electron chi connectivity index (χ2n) is 3.70. The van der Waals surface area contributed by atoms with Gasteiger partial charge in [-0.05, 0) is 6.92 Å². The minimum atomic E-state index is -3.66. The fourth-order valence-corrected chi connectivity index (χ4v) is 3.41. The summed E-state index contributed by atoms with van der Waals surface area (Å²) in [6.45, 7) is 1.32. The highest BCUT2D eigenvalue weighted by atomic mass is 32.2. The lowest BCUT2D eigenvalue weighted by molar-refractivity contribution is 0.164. The third-order valence-corrected chi connectivity index (χ3v) is 4.43. The summed E-state index contributed by atoms with van der Waals surface area (Å²) >= 11 is 0. The third-order valence-electron chi connectivity index (χ3n) is 1.88. The van der Waals surface area contributed by atoms with Crippen LogP contribution in [0.3, 0.4) is 0 Å². The zero-order valence-corrected chi connectivity index (χ0v) is 10.9. The van der Waals surface area contributed by atoms with Gasteiger partial charge in [0, 0.05) is 18.8 Å². The summed E-state index contributed by atoms with van der Waals surface area (Å²) in [4.78, 5) is 0. The minimum absolute atomic E-state index is 0.121. The van der Waals surface area contributed by atoms with Crippen LogP contribution >= 0.6 is 0 Å². The van der Waals surface area contributed by atoms with Gasteiger partial charge >= 0.3 is 0 Å². The summed E-state index contributed by atoms with van der Waals surface area (Å²) in [6, 6.07) is -0.715. The Kier molecular flexibility index (Phi) is 5.84. The Labute approximate surface area is 96.0 Å². The van der Waals surface area contributed by atoms with Crippen molar-refractivity contribution in [1.82, 2.24) is 4.72 Å². The van der Waals surface area contributed by atoms with Crippen LogP contribution in [0.4, 0.5) is 0 Å². The van der Waals surface area contributed by atoms with Gasteiger partial charge in [-0.2, -0.15) is 0 Å². The second-order valence-corrected chi connectivity index (χ2v) is 7.89. The van der Waals surface area contributed by atoms with Gasteiger partial charge in [-0.3, -0.25) is 0 Å². The van der Waals surface area contributed by atoms with Crippen molar-refractivity contribution in [2.75, 3.05) is 24.3 Å². The summed E-state index contributed by atoms with van der Waals surface area (Å²) in [5.41, 5.74) is 5.41. The molecule has 9 heteroatoms. The highest BCUT2D eigenvalue weighted by molar-refractivity contribution is 7.93. The SMILES string of the molecule is CC(O)C(N)CNS(=O)(=O)CCS(C)(=O)=O. The molecule has 0 rings (SSSR count). The number of sulfonamides is 1. The molecule has 0 bridgehead atoms. The molecule has 2 atom stereocenters. The molecule has 7 nitrogen and oxygen atoms in total. The topological polar surface area (TPSA) is 127 Å². The molecule has 0 aromatic rings. The maximum absolute atomic E-state index is 11.3. The highest BCUT2D eigenvalue weighted by Gasteiger charge is 2.17. The van der Waals surface area contributed by atoms with E-state index in [0.717, 1.165) is 6.26 Å². The number of rotatable bonds is 7. The molecule has 0 saturated heterocycles. The van der Waals surface area contributed by atoms with Gasteiger partial charge < -0.3 is 10.8 Å². The van der Waals surface area contributed by atoms with E-state index in [1.165, 1.54) is 6.92 Å². The first-order valence-electron chi connectivity index (χ1n) is 4.62. The zero-order valence-electron chi connectivity index (χ0n) is 9.25. The van der Waals surface area contributed by atoms with Gasteiger partial charge in [0.1, 0.15) is 9.84 Å². The normalized spacial score (nSPS) is 17.0. The van der Waals surface area contributed by atoms with Gasteiger partial charge in [-0.1, -0.05) is 0 Å². The van der Waals surface area contributed by atoms with Gasteiger partial charge in [-0.15, -0.1) is 0 Å². The monoisotopic (exact) mass is 274 g/mol. The van der Waals surface area contributed by atoms with Crippen LogP contribution < -0.4 is 10.5 Å². The van der Waals surface area contributed by atoms with Crippen molar-refractivity contribution in [3.8, 4) is 0 Å². The van der Waals surface area contributed by atoms with E-state index < -0.39 is 43.5 Å². The Morgan fingerprint density at radius 3 is 2.12 bits per heavy atom. The van der Waals surface area contributed by atoms with Crippen molar-refractivity contribution in [3.63, 3.8) is 0 Å². The van der Waals surface area contributed by atoms with E-state index >= 15 is 0 Å². The fourth-order valence-electron chi connectivity index (χ4n) is 0.727. The quantitative estimate of drug-likeness (QED) is 0.477. The van der Waals surface area contributed by atoms with Crippen LogP contribution in [0.1, 0.15) is 6.92 Å². The molecule has 2 unspecified atom stereocenters. The number of nitrogens with two attached hydrogens (primary N) is 1. The molecule has 0 aliphatic rings. The summed E-state index contributed by atoms with van der Waals surface area (Å²) in [5, 5.41) is 9.02. The fraction of sp³-hybridized carbons (Fsp3) is 1.00. The minimum Gasteiger partial charge on any atom is -0.392 e. The Morgan fingerprint density at radius 1 is 1.25 bits per heavy atom. The van der Waals surface area contributed by atoms with E-state index in [-0.39, 0.29) is 6.54 Å². The van der Waals surface area contributed by atoms with Gasteiger partial charge in [0.05, 0.1) is 17.6 Å². The molecule has 16 heavy (non-hydrogen) atoms. The molecule has 0 amide bonds. The van der Waals surface area contributed by atoms with Crippen molar-refractivity contribution in [2.45, 2.75) is 19.1 Å². The van der Waals surface area contributed by atoms with Crippen molar-refractivity contribution in [2.24, 2.45) is 5.73 Å². The molecule has 0 heterocycles. The van der Waals surface area contributed by atoms with Crippen molar-refractivity contribution in [1.29, 1.82) is 0 Å². The lowest BCUT2D eigenvalue weighted by Crippen LogP contribution is -2.44. The molecule has 0 fully saturated rings. The lowest BCUT2D eigenvalue weighted by Gasteiger charge is -2.15. The molecule has 4 N–H and O–H groups in total. The van der Waals surface area contributed by atoms with E-state index in [1.807, 2.05) is 0 Å². The molecule has 0 aliphatic heterocycles. The number of aliphatic hydroxyl groups is 1. The largest absolute Gasteiger partial charge is 0.392 e.